The quantitative estimate of drug-likeness (QED) is 0.928. The van der Waals surface area contributed by atoms with Gasteiger partial charge in [-0.25, -0.2) is 0 Å². The Morgan fingerprint density at radius 1 is 1.35 bits per heavy atom. The lowest BCUT2D eigenvalue weighted by atomic mass is 10.1. The van der Waals surface area contributed by atoms with E-state index in [1.807, 2.05) is 18.2 Å². The van der Waals surface area contributed by atoms with Crippen LogP contribution in [0.25, 0.3) is 0 Å². The molecule has 0 radical (unpaired) electrons. The SMILES string of the molecule is COc1ccc(Br)c(NC2CCN(C)CC2)c1. The van der Waals surface area contributed by atoms with Gasteiger partial charge in [-0.3, -0.25) is 0 Å². The Morgan fingerprint density at radius 3 is 2.71 bits per heavy atom. The number of benzene rings is 1. The molecule has 2 rings (SSSR count). The Bertz CT molecular complexity index is 376. The second-order valence-electron chi connectivity index (χ2n) is 4.57. The standard InChI is InChI=1S/C13H19BrN2O/c1-16-7-5-10(6-8-16)15-13-9-11(17-2)3-4-12(13)14/h3-4,9-10,15H,5-8H2,1-2H3. The number of likely N-dealkylation sites (tertiary alicyclic amines) is 1. The zero-order chi connectivity index (χ0) is 12.3. The Labute approximate surface area is 111 Å². The average Bonchev–Trinajstić information content (AvgIpc) is 2.35. The van der Waals surface area contributed by atoms with Gasteiger partial charge in [0, 0.05) is 16.6 Å². The van der Waals surface area contributed by atoms with Crippen LogP contribution in [0.15, 0.2) is 22.7 Å². The third kappa shape index (κ3) is 3.36. The van der Waals surface area contributed by atoms with Crippen LogP contribution >= 0.6 is 15.9 Å². The lowest BCUT2D eigenvalue weighted by Gasteiger charge is -2.30. The van der Waals surface area contributed by atoms with Gasteiger partial charge >= 0.3 is 0 Å². The Hall–Kier alpha value is -0.740. The number of anilines is 1. The maximum Gasteiger partial charge on any atom is 0.121 e. The molecule has 0 bridgehead atoms. The number of hydrogen-bond acceptors (Lipinski definition) is 3. The fourth-order valence-electron chi connectivity index (χ4n) is 2.11. The first-order valence-corrected chi connectivity index (χ1v) is 6.77. The molecule has 3 nitrogen and oxygen atoms in total. The van der Waals surface area contributed by atoms with Gasteiger partial charge < -0.3 is 15.0 Å². The molecule has 1 aromatic carbocycles. The lowest BCUT2D eigenvalue weighted by Crippen LogP contribution is -2.36. The fraction of sp³-hybridized carbons (Fsp3) is 0.538. The molecule has 1 heterocycles. The van der Waals surface area contributed by atoms with Crippen molar-refractivity contribution < 1.29 is 4.74 Å². The summed E-state index contributed by atoms with van der Waals surface area (Å²) in [4.78, 5) is 2.37. The van der Waals surface area contributed by atoms with E-state index in [1.54, 1.807) is 7.11 Å². The number of halogens is 1. The van der Waals surface area contributed by atoms with Crippen LogP contribution < -0.4 is 10.1 Å². The summed E-state index contributed by atoms with van der Waals surface area (Å²) in [7, 11) is 3.88. The normalized spacial score (nSPS) is 18.1. The molecule has 1 aliphatic heterocycles. The lowest BCUT2D eigenvalue weighted by molar-refractivity contribution is 0.264. The van der Waals surface area contributed by atoms with Crippen LogP contribution in [0.3, 0.4) is 0 Å². The molecular formula is C13H19BrN2O. The molecule has 1 N–H and O–H groups in total. The Balaban J connectivity index is 2.02. The molecule has 17 heavy (non-hydrogen) atoms. The van der Waals surface area contributed by atoms with Crippen LogP contribution in [0.1, 0.15) is 12.8 Å². The predicted octanol–water partition coefficient (Wildman–Crippen LogP) is 2.96. The number of hydrogen-bond donors (Lipinski definition) is 1. The predicted molar refractivity (Wildman–Crippen MR) is 74.8 cm³/mol. The van der Waals surface area contributed by atoms with E-state index >= 15 is 0 Å². The summed E-state index contributed by atoms with van der Waals surface area (Å²) in [5.74, 6) is 0.892. The largest absolute Gasteiger partial charge is 0.497 e. The number of nitrogens with one attached hydrogen (secondary N) is 1. The van der Waals surface area contributed by atoms with Crippen molar-refractivity contribution in [1.29, 1.82) is 0 Å². The van der Waals surface area contributed by atoms with Crippen molar-refractivity contribution in [3.05, 3.63) is 22.7 Å². The molecule has 0 aromatic heterocycles. The van der Waals surface area contributed by atoms with Crippen LogP contribution in [0.4, 0.5) is 5.69 Å². The van der Waals surface area contributed by atoms with E-state index in [9.17, 15) is 0 Å². The first-order valence-electron chi connectivity index (χ1n) is 5.97. The third-order valence-corrected chi connectivity index (χ3v) is 3.94. The van der Waals surface area contributed by atoms with E-state index in [0.717, 1.165) is 15.9 Å². The van der Waals surface area contributed by atoms with E-state index in [-0.39, 0.29) is 0 Å². The van der Waals surface area contributed by atoms with Gasteiger partial charge in [-0.2, -0.15) is 0 Å². The Morgan fingerprint density at radius 2 is 2.06 bits per heavy atom. The zero-order valence-electron chi connectivity index (χ0n) is 10.4. The molecule has 0 aliphatic carbocycles. The molecule has 0 atom stereocenters. The highest BCUT2D eigenvalue weighted by atomic mass is 79.9. The van der Waals surface area contributed by atoms with Gasteiger partial charge in [-0.05, 0) is 61.0 Å². The van der Waals surface area contributed by atoms with Gasteiger partial charge in [0.15, 0.2) is 0 Å². The van der Waals surface area contributed by atoms with Gasteiger partial charge in [0.2, 0.25) is 0 Å². The molecule has 1 saturated heterocycles. The van der Waals surface area contributed by atoms with Crippen molar-refractivity contribution in [2.24, 2.45) is 0 Å². The second-order valence-corrected chi connectivity index (χ2v) is 5.42. The smallest absolute Gasteiger partial charge is 0.121 e. The maximum absolute atomic E-state index is 5.25. The second kappa shape index (κ2) is 5.74. The molecular weight excluding hydrogens is 280 g/mol. The fourth-order valence-corrected chi connectivity index (χ4v) is 2.48. The highest BCUT2D eigenvalue weighted by Gasteiger charge is 2.17. The monoisotopic (exact) mass is 298 g/mol. The van der Waals surface area contributed by atoms with E-state index in [0.29, 0.717) is 6.04 Å². The minimum atomic E-state index is 0.564. The molecule has 1 aliphatic rings. The third-order valence-electron chi connectivity index (χ3n) is 3.25. The molecule has 0 spiro atoms. The summed E-state index contributed by atoms with van der Waals surface area (Å²) >= 11 is 3.57. The summed E-state index contributed by atoms with van der Waals surface area (Å²) in [5, 5.41) is 3.59. The van der Waals surface area contributed by atoms with Crippen LogP contribution in [-0.2, 0) is 0 Å². The van der Waals surface area contributed by atoms with Crippen molar-refractivity contribution in [3.63, 3.8) is 0 Å². The average molecular weight is 299 g/mol. The van der Waals surface area contributed by atoms with Crippen LogP contribution in [0, 0.1) is 0 Å². The summed E-state index contributed by atoms with van der Waals surface area (Å²) in [6.07, 6.45) is 2.39. The van der Waals surface area contributed by atoms with Crippen molar-refractivity contribution in [2.75, 3.05) is 32.6 Å². The number of ether oxygens (including phenoxy) is 1. The number of nitrogens with zero attached hydrogens (tertiary/aromatic N) is 1. The molecule has 0 unspecified atom stereocenters. The zero-order valence-corrected chi connectivity index (χ0v) is 12.0. The van der Waals surface area contributed by atoms with E-state index in [2.05, 4.69) is 33.2 Å². The highest BCUT2D eigenvalue weighted by molar-refractivity contribution is 9.10. The molecule has 1 fully saturated rings. The van der Waals surface area contributed by atoms with E-state index in [4.69, 9.17) is 4.74 Å². The van der Waals surface area contributed by atoms with Crippen LogP contribution in [-0.4, -0.2) is 38.2 Å². The minimum Gasteiger partial charge on any atom is -0.497 e. The minimum absolute atomic E-state index is 0.564. The number of methoxy groups -OCH3 is 1. The molecule has 1 aromatic rings. The van der Waals surface area contributed by atoms with Crippen molar-refractivity contribution in [2.45, 2.75) is 18.9 Å². The van der Waals surface area contributed by atoms with Crippen LogP contribution in [0.2, 0.25) is 0 Å². The van der Waals surface area contributed by atoms with Crippen molar-refractivity contribution in [1.82, 2.24) is 4.90 Å². The van der Waals surface area contributed by atoms with Crippen molar-refractivity contribution >= 4 is 21.6 Å². The summed E-state index contributed by atoms with van der Waals surface area (Å²) in [6, 6.07) is 6.59. The molecule has 4 heteroatoms. The number of rotatable bonds is 3. The van der Waals surface area contributed by atoms with E-state index < -0.39 is 0 Å². The Kier molecular flexibility index (Phi) is 4.29. The summed E-state index contributed by atoms with van der Waals surface area (Å²) < 4.78 is 6.34. The first-order chi connectivity index (χ1) is 8.19. The van der Waals surface area contributed by atoms with Gasteiger partial charge in [0.05, 0.1) is 12.8 Å². The maximum atomic E-state index is 5.25. The van der Waals surface area contributed by atoms with Gasteiger partial charge in [-0.15, -0.1) is 0 Å². The highest BCUT2D eigenvalue weighted by Crippen LogP contribution is 2.28. The van der Waals surface area contributed by atoms with E-state index in [1.165, 1.54) is 25.9 Å². The molecule has 0 saturated carbocycles. The van der Waals surface area contributed by atoms with Gasteiger partial charge in [-0.1, -0.05) is 0 Å². The number of piperidine rings is 1. The molecule has 0 amide bonds. The topological polar surface area (TPSA) is 24.5 Å². The van der Waals surface area contributed by atoms with Crippen LogP contribution in [0.5, 0.6) is 5.75 Å². The van der Waals surface area contributed by atoms with Gasteiger partial charge in [0.1, 0.15) is 5.75 Å². The first kappa shape index (κ1) is 12.7. The van der Waals surface area contributed by atoms with Crippen molar-refractivity contribution in [3.8, 4) is 5.75 Å². The summed E-state index contributed by atoms with van der Waals surface area (Å²) in [5.41, 5.74) is 1.12. The summed E-state index contributed by atoms with van der Waals surface area (Å²) in [6.45, 7) is 2.33. The van der Waals surface area contributed by atoms with Gasteiger partial charge in [0.25, 0.3) is 0 Å². The molecule has 94 valence electrons.